The lowest BCUT2D eigenvalue weighted by molar-refractivity contribution is 0.126. The van der Waals surface area contributed by atoms with E-state index in [1.54, 1.807) is 4.90 Å². The normalized spacial score (nSPS) is 29.4. The Morgan fingerprint density at radius 1 is 1.50 bits per heavy atom. The van der Waals surface area contributed by atoms with Gasteiger partial charge in [0.15, 0.2) is 0 Å². The molecule has 1 unspecified atom stereocenters. The lowest BCUT2D eigenvalue weighted by atomic mass is 10.1. The number of amides is 1. The Kier molecular flexibility index (Phi) is 3.18. The van der Waals surface area contributed by atoms with Crippen molar-refractivity contribution in [3.05, 3.63) is 0 Å². The third-order valence-electron chi connectivity index (χ3n) is 2.80. The van der Waals surface area contributed by atoms with Gasteiger partial charge < -0.3 is 9.84 Å². The molecule has 2 fully saturated rings. The van der Waals surface area contributed by atoms with Gasteiger partial charge in [-0.25, -0.2) is 4.79 Å². The van der Waals surface area contributed by atoms with Crippen molar-refractivity contribution in [3.63, 3.8) is 0 Å². The SMILES string of the molecule is O=C1OCC(CO)N1C1CCSCC1. The second kappa shape index (κ2) is 4.40. The lowest BCUT2D eigenvalue weighted by Gasteiger charge is -2.32. The molecule has 1 N–H and O–H groups in total. The molecule has 4 nitrogen and oxygen atoms in total. The van der Waals surface area contributed by atoms with Crippen LogP contribution in [0.5, 0.6) is 0 Å². The number of rotatable bonds is 2. The molecule has 0 bridgehead atoms. The molecule has 2 rings (SSSR count). The van der Waals surface area contributed by atoms with Crippen molar-refractivity contribution >= 4 is 17.9 Å². The summed E-state index contributed by atoms with van der Waals surface area (Å²) in [5.74, 6) is 2.21. The van der Waals surface area contributed by atoms with Crippen molar-refractivity contribution in [3.8, 4) is 0 Å². The zero-order chi connectivity index (χ0) is 9.97. The number of carbonyl (C=O) groups is 1. The molecule has 2 aliphatic rings. The van der Waals surface area contributed by atoms with Crippen LogP contribution in [-0.4, -0.2) is 52.9 Å². The smallest absolute Gasteiger partial charge is 0.410 e. The maximum absolute atomic E-state index is 11.4. The van der Waals surface area contributed by atoms with E-state index in [4.69, 9.17) is 9.84 Å². The van der Waals surface area contributed by atoms with Gasteiger partial charge in [0.1, 0.15) is 6.61 Å². The van der Waals surface area contributed by atoms with Crippen molar-refractivity contribution in [2.75, 3.05) is 24.7 Å². The second-order valence-corrected chi connectivity index (χ2v) is 4.89. The summed E-state index contributed by atoms with van der Waals surface area (Å²) in [5.41, 5.74) is 0. The highest BCUT2D eigenvalue weighted by molar-refractivity contribution is 7.99. The average Bonchev–Trinajstić information content (AvgIpc) is 2.61. The van der Waals surface area contributed by atoms with Crippen LogP contribution in [0.2, 0.25) is 0 Å². The Hall–Kier alpha value is -0.420. The van der Waals surface area contributed by atoms with E-state index in [1.165, 1.54) is 0 Å². The molecule has 0 aromatic carbocycles. The molecular formula is C9H15NO3S. The van der Waals surface area contributed by atoms with E-state index in [2.05, 4.69) is 0 Å². The van der Waals surface area contributed by atoms with Gasteiger partial charge in [-0.1, -0.05) is 0 Å². The van der Waals surface area contributed by atoms with Crippen LogP contribution in [0.4, 0.5) is 4.79 Å². The first-order valence-corrected chi connectivity index (χ1v) is 6.12. The number of cyclic esters (lactones) is 1. The molecule has 0 aromatic heterocycles. The average molecular weight is 217 g/mol. The molecule has 2 heterocycles. The number of aliphatic hydroxyl groups excluding tert-OH is 1. The van der Waals surface area contributed by atoms with Crippen LogP contribution in [0.15, 0.2) is 0 Å². The summed E-state index contributed by atoms with van der Waals surface area (Å²) in [6, 6.07) is 0.166. The van der Waals surface area contributed by atoms with Crippen LogP contribution >= 0.6 is 11.8 Å². The van der Waals surface area contributed by atoms with Gasteiger partial charge in [0.25, 0.3) is 0 Å². The van der Waals surface area contributed by atoms with E-state index in [-0.39, 0.29) is 24.8 Å². The van der Waals surface area contributed by atoms with Crippen LogP contribution in [0.1, 0.15) is 12.8 Å². The van der Waals surface area contributed by atoms with Crippen LogP contribution in [0, 0.1) is 0 Å². The van der Waals surface area contributed by atoms with Gasteiger partial charge in [0.2, 0.25) is 0 Å². The second-order valence-electron chi connectivity index (χ2n) is 3.66. The molecular weight excluding hydrogens is 202 g/mol. The number of nitrogens with zero attached hydrogens (tertiary/aromatic N) is 1. The van der Waals surface area contributed by atoms with Gasteiger partial charge in [0, 0.05) is 6.04 Å². The van der Waals surface area contributed by atoms with Crippen molar-refractivity contribution < 1.29 is 14.6 Å². The monoisotopic (exact) mass is 217 g/mol. The Morgan fingerprint density at radius 3 is 2.86 bits per heavy atom. The van der Waals surface area contributed by atoms with Crippen molar-refractivity contribution in [1.82, 2.24) is 4.90 Å². The highest BCUT2D eigenvalue weighted by Crippen LogP contribution is 2.26. The standard InChI is InChI=1S/C9H15NO3S/c11-5-8-6-13-9(12)10(8)7-1-3-14-4-2-7/h7-8,11H,1-6H2. The van der Waals surface area contributed by atoms with Crippen LogP contribution < -0.4 is 0 Å². The summed E-state index contributed by atoms with van der Waals surface area (Å²) in [7, 11) is 0. The number of hydrogen-bond donors (Lipinski definition) is 1. The molecule has 14 heavy (non-hydrogen) atoms. The Labute approximate surface area is 87.6 Å². The lowest BCUT2D eigenvalue weighted by Crippen LogP contribution is -2.45. The molecule has 0 spiro atoms. The van der Waals surface area contributed by atoms with Crippen LogP contribution in [-0.2, 0) is 4.74 Å². The van der Waals surface area contributed by atoms with E-state index in [0.717, 1.165) is 24.3 Å². The number of carbonyl (C=O) groups excluding carboxylic acids is 1. The minimum absolute atomic E-state index is 0.00931. The highest BCUT2D eigenvalue weighted by atomic mass is 32.2. The minimum Gasteiger partial charge on any atom is -0.447 e. The summed E-state index contributed by atoms with van der Waals surface area (Å²) in [6.07, 6.45) is 1.80. The molecule has 1 amide bonds. The van der Waals surface area contributed by atoms with Gasteiger partial charge in [-0.05, 0) is 24.3 Å². The Bertz CT molecular complexity index is 218. The summed E-state index contributed by atoms with van der Waals surface area (Å²) in [4.78, 5) is 13.2. The maximum atomic E-state index is 11.4. The minimum atomic E-state index is -0.249. The fourth-order valence-corrected chi connectivity index (χ4v) is 3.10. The zero-order valence-corrected chi connectivity index (χ0v) is 8.83. The van der Waals surface area contributed by atoms with E-state index in [9.17, 15) is 4.79 Å². The number of ether oxygens (including phenoxy) is 1. The Morgan fingerprint density at radius 2 is 2.21 bits per heavy atom. The first kappa shape index (κ1) is 10.1. The van der Waals surface area contributed by atoms with E-state index in [0.29, 0.717) is 6.61 Å². The third kappa shape index (κ3) is 1.83. The quantitative estimate of drug-likeness (QED) is 0.739. The third-order valence-corrected chi connectivity index (χ3v) is 3.85. The predicted molar refractivity (Wildman–Crippen MR) is 54.4 cm³/mol. The topological polar surface area (TPSA) is 49.8 Å². The molecule has 5 heteroatoms. The summed E-state index contributed by atoms with van der Waals surface area (Å²) >= 11 is 1.93. The summed E-state index contributed by atoms with van der Waals surface area (Å²) < 4.78 is 4.94. The van der Waals surface area contributed by atoms with E-state index in [1.807, 2.05) is 11.8 Å². The summed E-state index contributed by atoms with van der Waals surface area (Å²) in [5, 5.41) is 9.11. The first-order valence-electron chi connectivity index (χ1n) is 4.96. The first-order chi connectivity index (χ1) is 6.83. The molecule has 0 radical (unpaired) electrons. The number of hydrogen-bond acceptors (Lipinski definition) is 4. The van der Waals surface area contributed by atoms with Crippen LogP contribution in [0.25, 0.3) is 0 Å². The molecule has 0 aromatic rings. The van der Waals surface area contributed by atoms with Gasteiger partial charge in [-0.3, -0.25) is 4.90 Å². The molecule has 1 atom stereocenters. The molecule has 2 saturated heterocycles. The van der Waals surface area contributed by atoms with Crippen molar-refractivity contribution in [1.29, 1.82) is 0 Å². The highest BCUT2D eigenvalue weighted by Gasteiger charge is 2.37. The van der Waals surface area contributed by atoms with Gasteiger partial charge in [-0.2, -0.15) is 11.8 Å². The van der Waals surface area contributed by atoms with Crippen molar-refractivity contribution in [2.45, 2.75) is 24.9 Å². The van der Waals surface area contributed by atoms with Gasteiger partial charge in [0.05, 0.1) is 12.6 Å². The van der Waals surface area contributed by atoms with Crippen LogP contribution in [0.3, 0.4) is 0 Å². The number of aliphatic hydroxyl groups is 1. The fraction of sp³-hybridized carbons (Fsp3) is 0.889. The van der Waals surface area contributed by atoms with Gasteiger partial charge in [-0.15, -0.1) is 0 Å². The maximum Gasteiger partial charge on any atom is 0.410 e. The fourth-order valence-electron chi connectivity index (χ4n) is 2.02. The zero-order valence-electron chi connectivity index (χ0n) is 8.02. The number of thioether (sulfide) groups is 1. The molecule has 0 aliphatic carbocycles. The largest absolute Gasteiger partial charge is 0.447 e. The summed E-state index contributed by atoms with van der Waals surface area (Å²) in [6.45, 7) is 0.356. The van der Waals surface area contributed by atoms with Gasteiger partial charge >= 0.3 is 6.09 Å². The van der Waals surface area contributed by atoms with E-state index < -0.39 is 0 Å². The molecule has 80 valence electrons. The van der Waals surface area contributed by atoms with Crippen molar-refractivity contribution in [2.24, 2.45) is 0 Å². The molecule has 0 saturated carbocycles. The van der Waals surface area contributed by atoms with E-state index >= 15 is 0 Å². The molecule has 2 aliphatic heterocycles. The Balaban J connectivity index is 2.01. The predicted octanol–water partition coefficient (Wildman–Crippen LogP) is 0.695.